The Morgan fingerprint density at radius 1 is 1.33 bits per heavy atom. The molecule has 2 heteroatoms. The minimum Gasteiger partial charge on any atom is -0.379 e. The van der Waals surface area contributed by atoms with Crippen molar-refractivity contribution in [3.63, 3.8) is 0 Å². The van der Waals surface area contributed by atoms with E-state index >= 15 is 0 Å². The zero-order valence-corrected chi connectivity index (χ0v) is 9.05. The molecule has 0 aromatic rings. The van der Waals surface area contributed by atoms with Gasteiger partial charge in [-0.15, -0.1) is 0 Å². The van der Waals surface area contributed by atoms with Gasteiger partial charge in [-0.1, -0.05) is 13.8 Å². The average Bonchev–Trinajstić information content (AvgIpc) is 1.84. The Kier molecular flexibility index (Phi) is 4.80. The first-order valence-electron chi connectivity index (χ1n) is 4.68. The molecule has 1 atom stereocenters. The Morgan fingerprint density at radius 2 is 1.83 bits per heavy atom. The summed E-state index contributed by atoms with van der Waals surface area (Å²) in [6.07, 6.45) is 2.01. The van der Waals surface area contributed by atoms with E-state index in [1.165, 1.54) is 0 Å². The lowest BCUT2D eigenvalue weighted by atomic mass is 9.93. The van der Waals surface area contributed by atoms with Crippen molar-refractivity contribution in [1.29, 1.82) is 0 Å². The van der Waals surface area contributed by atoms with E-state index in [1.54, 1.807) is 7.11 Å². The van der Waals surface area contributed by atoms with Crippen LogP contribution >= 0.6 is 0 Å². The third kappa shape index (κ3) is 5.56. The van der Waals surface area contributed by atoms with Gasteiger partial charge in [-0.05, 0) is 32.6 Å². The highest BCUT2D eigenvalue weighted by molar-refractivity contribution is 4.76. The Morgan fingerprint density at radius 3 is 2.17 bits per heavy atom. The van der Waals surface area contributed by atoms with Crippen LogP contribution in [0.4, 0.5) is 0 Å². The molecule has 0 saturated carbocycles. The molecule has 0 saturated heterocycles. The summed E-state index contributed by atoms with van der Waals surface area (Å²) in [5.74, 6) is 0.674. The third-order valence-electron chi connectivity index (χ3n) is 2.08. The van der Waals surface area contributed by atoms with Crippen LogP contribution in [0.15, 0.2) is 0 Å². The van der Waals surface area contributed by atoms with Gasteiger partial charge < -0.3 is 10.5 Å². The molecule has 0 amide bonds. The van der Waals surface area contributed by atoms with Crippen LogP contribution in [0.25, 0.3) is 0 Å². The van der Waals surface area contributed by atoms with Gasteiger partial charge >= 0.3 is 0 Å². The van der Waals surface area contributed by atoms with E-state index in [4.69, 9.17) is 10.5 Å². The Labute approximate surface area is 76.5 Å². The predicted octanol–water partition coefficient (Wildman–Crippen LogP) is 2.17. The highest BCUT2D eigenvalue weighted by Gasteiger charge is 2.20. The summed E-state index contributed by atoms with van der Waals surface area (Å²) in [5, 5.41) is 0. The zero-order chi connectivity index (χ0) is 9.78. The minimum atomic E-state index is -0.0751. The maximum atomic E-state index is 5.96. The van der Waals surface area contributed by atoms with Crippen LogP contribution in [0, 0.1) is 5.92 Å². The molecule has 0 spiro atoms. The molecule has 74 valence electrons. The standard InChI is InChI=1S/C10H23NO/c1-8(2)6-9(11)7-10(3,4)12-5/h8-9H,6-7,11H2,1-5H3. The van der Waals surface area contributed by atoms with Crippen LogP contribution in [-0.2, 0) is 4.74 Å². The molecule has 0 rings (SSSR count). The van der Waals surface area contributed by atoms with Gasteiger partial charge in [-0.3, -0.25) is 0 Å². The summed E-state index contributed by atoms with van der Waals surface area (Å²) in [5.41, 5.74) is 5.88. The number of hydrogen-bond donors (Lipinski definition) is 1. The number of rotatable bonds is 5. The fourth-order valence-electron chi connectivity index (χ4n) is 1.40. The van der Waals surface area contributed by atoms with Crippen molar-refractivity contribution < 1.29 is 4.74 Å². The molecule has 0 aliphatic carbocycles. The SMILES string of the molecule is COC(C)(C)CC(N)CC(C)C. The molecule has 0 aliphatic rings. The van der Waals surface area contributed by atoms with Crippen LogP contribution in [0.2, 0.25) is 0 Å². The van der Waals surface area contributed by atoms with Gasteiger partial charge in [0.15, 0.2) is 0 Å². The summed E-state index contributed by atoms with van der Waals surface area (Å²) >= 11 is 0. The molecule has 2 N–H and O–H groups in total. The summed E-state index contributed by atoms with van der Waals surface area (Å²) in [6.45, 7) is 8.54. The molecule has 0 heterocycles. The number of nitrogens with two attached hydrogens (primary N) is 1. The molecule has 1 unspecified atom stereocenters. The van der Waals surface area contributed by atoms with Crippen molar-refractivity contribution >= 4 is 0 Å². The molecule has 0 aliphatic heterocycles. The smallest absolute Gasteiger partial charge is 0.0637 e. The van der Waals surface area contributed by atoms with E-state index in [9.17, 15) is 0 Å². The second kappa shape index (κ2) is 4.83. The maximum absolute atomic E-state index is 5.96. The van der Waals surface area contributed by atoms with Crippen molar-refractivity contribution in [2.24, 2.45) is 11.7 Å². The van der Waals surface area contributed by atoms with Gasteiger partial charge in [0.05, 0.1) is 5.60 Å². The van der Waals surface area contributed by atoms with E-state index in [1.807, 2.05) is 0 Å². The fourth-order valence-corrected chi connectivity index (χ4v) is 1.40. The lowest BCUT2D eigenvalue weighted by molar-refractivity contribution is 0.00876. The first kappa shape index (κ1) is 11.9. The first-order valence-corrected chi connectivity index (χ1v) is 4.68. The summed E-state index contributed by atoms with van der Waals surface area (Å²) in [4.78, 5) is 0. The van der Waals surface area contributed by atoms with Crippen LogP contribution in [0.3, 0.4) is 0 Å². The Bertz CT molecular complexity index is 121. The Balaban J connectivity index is 3.75. The lowest BCUT2D eigenvalue weighted by Gasteiger charge is -2.27. The lowest BCUT2D eigenvalue weighted by Crippen LogP contribution is -2.34. The molecule has 0 bridgehead atoms. The van der Waals surface area contributed by atoms with Crippen molar-refractivity contribution in [1.82, 2.24) is 0 Å². The van der Waals surface area contributed by atoms with Gasteiger partial charge in [0.25, 0.3) is 0 Å². The van der Waals surface area contributed by atoms with E-state index < -0.39 is 0 Å². The number of methoxy groups -OCH3 is 1. The zero-order valence-electron chi connectivity index (χ0n) is 9.05. The number of ether oxygens (including phenoxy) is 1. The highest BCUT2D eigenvalue weighted by atomic mass is 16.5. The van der Waals surface area contributed by atoms with E-state index in [0.717, 1.165) is 12.8 Å². The topological polar surface area (TPSA) is 35.2 Å². The van der Waals surface area contributed by atoms with E-state index in [-0.39, 0.29) is 11.6 Å². The van der Waals surface area contributed by atoms with Crippen molar-refractivity contribution in [2.45, 2.75) is 52.2 Å². The minimum absolute atomic E-state index is 0.0751. The molecule has 0 aromatic heterocycles. The molecule has 0 fully saturated rings. The van der Waals surface area contributed by atoms with Crippen molar-refractivity contribution in [3.05, 3.63) is 0 Å². The third-order valence-corrected chi connectivity index (χ3v) is 2.08. The quantitative estimate of drug-likeness (QED) is 0.691. The summed E-state index contributed by atoms with van der Waals surface area (Å²) < 4.78 is 5.31. The van der Waals surface area contributed by atoms with Gasteiger partial charge in [0.1, 0.15) is 0 Å². The molecule has 0 radical (unpaired) electrons. The molecular weight excluding hydrogens is 150 g/mol. The molecular formula is C10H23NO. The first-order chi connectivity index (χ1) is 5.37. The van der Waals surface area contributed by atoms with Crippen LogP contribution in [-0.4, -0.2) is 18.8 Å². The Hall–Kier alpha value is -0.0800. The predicted molar refractivity (Wildman–Crippen MR) is 53.1 cm³/mol. The number of hydrogen-bond acceptors (Lipinski definition) is 2. The summed E-state index contributed by atoms with van der Waals surface area (Å²) in [6, 6.07) is 0.264. The molecule has 0 aromatic carbocycles. The largest absolute Gasteiger partial charge is 0.379 e. The monoisotopic (exact) mass is 173 g/mol. The van der Waals surface area contributed by atoms with Crippen molar-refractivity contribution in [3.8, 4) is 0 Å². The average molecular weight is 173 g/mol. The van der Waals surface area contributed by atoms with Crippen molar-refractivity contribution in [2.75, 3.05) is 7.11 Å². The highest BCUT2D eigenvalue weighted by Crippen LogP contribution is 2.18. The molecule has 12 heavy (non-hydrogen) atoms. The summed E-state index contributed by atoms with van der Waals surface area (Å²) in [7, 11) is 1.74. The van der Waals surface area contributed by atoms with Gasteiger partial charge in [-0.2, -0.15) is 0 Å². The second-order valence-electron chi connectivity index (χ2n) is 4.56. The van der Waals surface area contributed by atoms with Gasteiger partial charge in [0.2, 0.25) is 0 Å². The maximum Gasteiger partial charge on any atom is 0.0637 e. The van der Waals surface area contributed by atoms with E-state index in [2.05, 4.69) is 27.7 Å². The second-order valence-corrected chi connectivity index (χ2v) is 4.56. The normalized spacial score (nSPS) is 15.2. The van der Waals surface area contributed by atoms with E-state index in [0.29, 0.717) is 5.92 Å². The molecule has 2 nitrogen and oxygen atoms in total. The van der Waals surface area contributed by atoms with Crippen LogP contribution < -0.4 is 5.73 Å². The van der Waals surface area contributed by atoms with Crippen LogP contribution in [0.5, 0.6) is 0 Å². The fraction of sp³-hybridized carbons (Fsp3) is 1.00. The van der Waals surface area contributed by atoms with Crippen LogP contribution in [0.1, 0.15) is 40.5 Å². The van der Waals surface area contributed by atoms with Gasteiger partial charge in [0, 0.05) is 13.2 Å². The van der Waals surface area contributed by atoms with Gasteiger partial charge in [-0.25, -0.2) is 0 Å².